The van der Waals surface area contributed by atoms with Crippen molar-refractivity contribution in [2.75, 3.05) is 33.2 Å². The van der Waals surface area contributed by atoms with Gasteiger partial charge < -0.3 is 10.2 Å². The Labute approximate surface area is 192 Å². The van der Waals surface area contributed by atoms with E-state index >= 15 is 0 Å². The number of carbonyl (C=O) groups excluding carboxylic acids is 1. The molecular formula is C24H27ClN4OS. The van der Waals surface area contributed by atoms with E-state index in [4.69, 9.17) is 11.6 Å². The van der Waals surface area contributed by atoms with Crippen LogP contribution in [0.4, 0.5) is 0 Å². The lowest BCUT2D eigenvalue weighted by molar-refractivity contribution is -0.120. The average Bonchev–Trinajstić information content (AvgIpc) is 3.23. The maximum atomic E-state index is 12.4. The predicted molar refractivity (Wildman–Crippen MR) is 127 cm³/mol. The van der Waals surface area contributed by atoms with Crippen molar-refractivity contribution < 1.29 is 4.79 Å². The zero-order valence-electron chi connectivity index (χ0n) is 17.7. The number of likely N-dealkylation sites (N-methyl/N-ethyl adjacent to an activating group) is 1. The van der Waals surface area contributed by atoms with Gasteiger partial charge in [-0.05, 0) is 24.2 Å². The lowest BCUT2D eigenvalue weighted by Crippen LogP contribution is -2.43. The minimum absolute atomic E-state index is 0.0273. The van der Waals surface area contributed by atoms with Crippen molar-refractivity contribution in [3.05, 3.63) is 75.8 Å². The summed E-state index contributed by atoms with van der Waals surface area (Å²) in [5, 5.41) is 6.46. The Hall–Kier alpha value is -2.25. The number of nitrogens with zero attached hydrogens (tertiary/aromatic N) is 3. The van der Waals surface area contributed by atoms with Gasteiger partial charge in [0.25, 0.3) is 0 Å². The van der Waals surface area contributed by atoms with E-state index in [0.29, 0.717) is 11.6 Å². The number of hydrogen-bond acceptors (Lipinski definition) is 5. The molecule has 0 aliphatic carbocycles. The summed E-state index contributed by atoms with van der Waals surface area (Å²) in [6.07, 6.45) is 0.266. The van der Waals surface area contributed by atoms with Gasteiger partial charge >= 0.3 is 0 Å². The molecule has 5 nitrogen and oxygen atoms in total. The standard InChI is InChI=1S/C24H27ClN4OS/c1-28-9-11-29(12-10-28)16-19-6-4-5-18(13-19)15-26-23(30)14-20-17-31-24(27-20)21-7-2-3-8-22(21)25/h2-8,13,17H,9-12,14-16H2,1H3,(H,26,30). The maximum Gasteiger partial charge on any atom is 0.226 e. The molecule has 0 bridgehead atoms. The monoisotopic (exact) mass is 454 g/mol. The van der Waals surface area contributed by atoms with E-state index in [9.17, 15) is 4.79 Å². The van der Waals surface area contributed by atoms with Crippen molar-refractivity contribution in [3.8, 4) is 10.6 Å². The highest BCUT2D eigenvalue weighted by molar-refractivity contribution is 7.13. The fourth-order valence-corrected chi connectivity index (χ4v) is 4.82. The van der Waals surface area contributed by atoms with Crippen LogP contribution in [0.3, 0.4) is 0 Å². The van der Waals surface area contributed by atoms with Crippen LogP contribution in [-0.4, -0.2) is 53.9 Å². The molecule has 7 heteroatoms. The second-order valence-corrected chi connectivity index (χ2v) is 9.24. The Balaban J connectivity index is 1.29. The Morgan fingerprint density at radius 1 is 1.10 bits per heavy atom. The first-order valence-corrected chi connectivity index (χ1v) is 11.8. The van der Waals surface area contributed by atoms with Gasteiger partial charge in [0.1, 0.15) is 5.01 Å². The molecule has 1 aliphatic rings. The predicted octanol–water partition coefficient (Wildman–Crippen LogP) is 4.07. The summed E-state index contributed by atoms with van der Waals surface area (Å²) in [6, 6.07) is 16.1. The third-order valence-electron chi connectivity index (χ3n) is 5.48. The van der Waals surface area contributed by atoms with Crippen LogP contribution in [0.5, 0.6) is 0 Å². The fraction of sp³-hybridized carbons (Fsp3) is 0.333. The highest BCUT2D eigenvalue weighted by Gasteiger charge is 2.14. The first kappa shape index (κ1) is 22.0. The van der Waals surface area contributed by atoms with Gasteiger partial charge in [0, 0.05) is 50.2 Å². The SMILES string of the molecule is CN1CCN(Cc2cccc(CNC(=O)Cc3csc(-c4ccccc4Cl)n3)c2)CC1. The van der Waals surface area contributed by atoms with Crippen molar-refractivity contribution in [2.45, 2.75) is 19.5 Å². The topological polar surface area (TPSA) is 48.5 Å². The van der Waals surface area contributed by atoms with Crippen LogP contribution < -0.4 is 5.32 Å². The third-order valence-corrected chi connectivity index (χ3v) is 6.73. The molecule has 162 valence electrons. The molecule has 0 saturated carbocycles. The molecular weight excluding hydrogens is 428 g/mol. The highest BCUT2D eigenvalue weighted by atomic mass is 35.5. The first-order chi connectivity index (χ1) is 15.1. The number of nitrogens with one attached hydrogen (secondary N) is 1. The number of hydrogen-bond donors (Lipinski definition) is 1. The van der Waals surface area contributed by atoms with E-state index < -0.39 is 0 Å². The quantitative estimate of drug-likeness (QED) is 0.584. The van der Waals surface area contributed by atoms with Gasteiger partial charge in [0.05, 0.1) is 17.1 Å². The Bertz CT molecular complexity index is 1030. The van der Waals surface area contributed by atoms with Crippen LogP contribution in [0.15, 0.2) is 53.9 Å². The van der Waals surface area contributed by atoms with E-state index in [1.54, 1.807) is 0 Å². The van der Waals surface area contributed by atoms with Crippen LogP contribution in [0.25, 0.3) is 10.6 Å². The van der Waals surface area contributed by atoms with Crippen molar-refractivity contribution in [3.63, 3.8) is 0 Å². The van der Waals surface area contributed by atoms with Crippen LogP contribution in [-0.2, 0) is 24.3 Å². The van der Waals surface area contributed by atoms with E-state index in [0.717, 1.165) is 54.6 Å². The largest absolute Gasteiger partial charge is 0.352 e. The third kappa shape index (κ3) is 6.14. The summed E-state index contributed by atoms with van der Waals surface area (Å²) in [5.41, 5.74) is 4.08. The summed E-state index contributed by atoms with van der Waals surface area (Å²) in [4.78, 5) is 21.9. The molecule has 31 heavy (non-hydrogen) atoms. The van der Waals surface area contributed by atoms with E-state index in [2.05, 4.69) is 51.4 Å². The molecule has 4 rings (SSSR count). The minimum atomic E-state index is -0.0273. The zero-order valence-corrected chi connectivity index (χ0v) is 19.3. The summed E-state index contributed by atoms with van der Waals surface area (Å²) in [5.74, 6) is -0.0273. The van der Waals surface area contributed by atoms with Gasteiger partial charge in [0.2, 0.25) is 5.91 Å². The number of amides is 1. The van der Waals surface area contributed by atoms with Crippen molar-refractivity contribution >= 4 is 28.8 Å². The molecule has 1 amide bonds. The first-order valence-electron chi connectivity index (χ1n) is 10.5. The van der Waals surface area contributed by atoms with Crippen molar-refractivity contribution in [2.24, 2.45) is 0 Å². The molecule has 1 aliphatic heterocycles. The highest BCUT2D eigenvalue weighted by Crippen LogP contribution is 2.30. The molecule has 1 N–H and O–H groups in total. The lowest BCUT2D eigenvalue weighted by Gasteiger charge is -2.32. The van der Waals surface area contributed by atoms with E-state index in [1.165, 1.54) is 16.9 Å². The summed E-state index contributed by atoms with van der Waals surface area (Å²) in [6.45, 7) is 5.91. The number of halogens is 1. The van der Waals surface area contributed by atoms with Crippen LogP contribution in [0, 0.1) is 0 Å². The van der Waals surface area contributed by atoms with Crippen molar-refractivity contribution in [1.82, 2.24) is 20.1 Å². The van der Waals surface area contributed by atoms with Crippen LogP contribution in [0.2, 0.25) is 5.02 Å². The molecule has 2 heterocycles. The Kier molecular flexibility index (Phi) is 7.35. The molecule has 0 spiro atoms. The summed E-state index contributed by atoms with van der Waals surface area (Å²) in [7, 11) is 2.17. The number of benzene rings is 2. The number of rotatable bonds is 7. The fourth-order valence-electron chi connectivity index (χ4n) is 3.68. The van der Waals surface area contributed by atoms with Crippen LogP contribution >= 0.6 is 22.9 Å². The number of carbonyl (C=O) groups is 1. The molecule has 0 atom stereocenters. The van der Waals surface area contributed by atoms with Gasteiger partial charge in [-0.15, -0.1) is 11.3 Å². The molecule has 1 fully saturated rings. The normalized spacial score (nSPS) is 15.2. The van der Waals surface area contributed by atoms with E-state index in [-0.39, 0.29) is 12.3 Å². The second kappa shape index (κ2) is 10.4. The molecule has 0 unspecified atom stereocenters. The number of thiazole rings is 1. The van der Waals surface area contributed by atoms with Gasteiger partial charge in [-0.2, -0.15) is 0 Å². The van der Waals surface area contributed by atoms with Gasteiger partial charge in [0.15, 0.2) is 0 Å². The number of aromatic nitrogens is 1. The van der Waals surface area contributed by atoms with Crippen LogP contribution in [0.1, 0.15) is 16.8 Å². The second-order valence-electron chi connectivity index (χ2n) is 7.98. The molecule has 1 saturated heterocycles. The molecule has 1 aromatic heterocycles. The smallest absolute Gasteiger partial charge is 0.226 e. The number of piperazine rings is 1. The Morgan fingerprint density at radius 2 is 1.87 bits per heavy atom. The van der Waals surface area contributed by atoms with Gasteiger partial charge in [-0.1, -0.05) is 54.1 Å². The average molecular weight is 455 g/mol. The lowest BCUT2D eigenvalue weighted by atomic mass is 10.1. The van der Waals surface area contributed by atoms with Gasteiger partial charge in [-0.25, -0.2) is 4.98 Å². The summed E-state index contributed by atoms with van der Waals surface area (Å²) >= 11 is 7.76. The van der Waals surface area contributed by atoms with E-state index in [1.807, 2.05) is 29.6 Å². The molecule has 0 radical (unpaired) electrons. The molecule has 3 aromatic rings. The Morgan fingerprint density at radius 3 is 2.68 bits per heavy atom. The minimum Gasteiger partial charge on any atom is -0.352 e. The van der Waals surface area contributed by atoms with Crippen molar-refractivity contribution in [1.29, 1.82) is 0 Å². The summed E-state index contributed by atoms with van der Waals surface area (Å²) < 4.78 is 0. The maximum absolute atomic E-state index is 12.4. The molecule has 2 aromatic carbocycles. The zero-order chi connectivity index (χ0) is 21.6. The van der Waals surface area contributed by atoms with Gasteiger partial charge in [-0.3, -0.25) is 9.69 Å².